The van der Waals surface area contributed by atoms with Crippen LogP contribution in [0.1, 0.15) is 55.3 Å². The number of rotatable bonds is 6. The summed E-state index contributed by atoms with van der Waals surface area (Å²) in [5, 5.41) is 7.46. The summed E-state index contributed by atoms with van der Waals surface area (Å²) in [6.07, 6.45) is 6.40. The van der Waals surface area contributed by atoms with Crippen LogP contribution >= 0.6 is 0 Å². The van der Waals surface area contributed by atoms with Crippen molar-refractivity contribution in [3.05, 3.63) is 75.7 Å². The van der Waals surface area contributed by atoms with Gasteiger partial charge >= 0.3 is 11.7 Å². The van der Waals surface area contributed by atoms with E-state index in [9.17, 15) is 14.4 Å². The lowest BCUT2D eigenvalue weighted by atomic mass is 9.89. The number of benzene rings is 2. The molecule has 8 heteroatoms. The first-order valence-electron chi connectivity index (χ1n) is 12.9. The summed E-state index contributed by atoms with van der Waals surface area (Å²) in [4.78, 5) is 42.5. The number of carbonyl (C=O) groups excluding carboxylic acids is 2. The van der Waals surface area contributed by atoms with E-state index in [2.05, 4.69) is 33.6 Å². The fourth-order valence-corrected chi connectivity index (χ4v) is 5.31. The average Bonchev–Trinajstić information content (AvgIpc) is 3.30. The van der Waals surface area contributed by atoms with Gasteiger partial charge in [0.25, 0.3) is 0 Å². The molecule has 2 heterocycles. The third-order valence-corrected chi connectivity index (χ3v) is 7.43. The van der Waals surface area contributed by atoms with E-state index in [0.717, 1.165) is 24.0 Å². The van der Waals surface area contributed by atoms with E-state index in [1.807, 2.05) is 30.3 Å². The number of piperidine rings is 1. The quantitative estimate of drug-likeness (QED) is 0.554. The van der Waals surface area contributed by atoms with Crippen LogP contribution in [0.15, 0.2) is 53.3 Å². The van der Waals surface area contributed by atoms with Gasteiger partial charge in [-0.25, -0.2) is 14.3 Å². The van der Waals surface area contributed by atoms with Gasteiger partial charge in [0.1, 0.15) is 0 Å². The van der Waals surface area contributed by atoms with Crippen molar-refractivity contribution in [3.63, 3.8) is 0 Å². The van der Waals surface area contributed by atoms with Gasteiger partial charge in [0, 0.05) is 18.7 Å². The minimum Gasteiger partial charge on any atom is -0.328 e. The molecule has 1 aliphatic carbocycles. The molecule has 0 bridgehead atoms. The minimum atomic E-state index is -0.556. The average molecular weight is 488 g/mol. The van der Waals surface area contributed by atoms with Gasteiger partial charge in [-0.1, -0.05) is 48.5 Å². The zero-order chi connectivity index (χ0) is 25.1. The predicted octanol–water partition coefficient (Wildman–Crippen LogP) is 3.66. The summed E-state index contributed by atoms with van der Waals surface area (Å²) in [6.45, 7) is 2.53. The number of Topliss-reactive ketones (excluding diaryl/α,β-unsaturated/α-hetero) is 1. The normalized spacial score (nSPS) is 16.9. The Balaban J connectivity index is 1.19. The van der Waals surface area contributed by atoms with Gasteiger partial charge in [0.05, 0.1) is 12.1 Å². The summed E-state index contributed by atoms with van der Waals surface area (Å²) in [5.74, 6) is 0.500. The van der Waals surface area contributed by atoms with Crippen LogP contribution < -0.4 is 11.0 Å². The van der Waals surface area contributed by atoms with E-state index >= 15 is 0 Å². The van der Waals surface area contributed by atoms with E-state index in [-0.39, 0.29) is 23.5 Å². The number of carbonyl (C=O) groups is 2. The Morgan fingerprint density at radius 2 is 1.78 bits per heavy atom. The Morgan fingerprint density at radius 3 is 2.50 bits per heavy atom. The third kappa shape index (κ3) is 5.27. The Hall–Kier alpha value is -3.68. The van der Waals surface area contributed by atoms with Gasteiger partial charge in [-0.3, -0.25) is 9.78 Å². The SMILES string of the molecule is CC(=O)[C@@H](Cc1ccc2c(c1)CCCC2)NC(=O)N1CCC(n2nc(-c3ccccc3)[nH]c2=O)CC1. The lowest BCUT2D eigenvalue weighted by Crippen LogP contribution is -2.51. The number of ketones is 1. The van der Waals surface area contributed by atoms with E-state index < -0.39 is 6.04 Å². The lowest BCUT2D eigenvalue weighted by molar-refractivity contribution is -0.118. The highest BCUT2D eigenvalue weighted by atomic mass is 16.2. The molecule has 1 saturated heterocycles. The van der Waals surface area contributed by atoms with Gasteiger partial charge in [0.2, 0.25) is 0 Å². The predicted molar refractivity (Wildman–Crippen MR) is 138 cm³/mol. The number of H-pyrrole nitrogens is 1. The summed E-state index contributed by atoms with van der Waals surface area (Å²) >= 11 is 0. The lowest BCUT2D eigenvalue weighted by Gasteiger charge is -2.32. The van der Waals surface area contributed by atoms with Crippen molar-refractivity contribution in [1.82, 2.24) is 25.0 Å². The van der Waals surface area contributed by atoms with Crippen molar-refractivity contribution in [2.24, 2.45) is 0 Å². The zero-order valence-corrected chi connectivity index (χ0v) is 20.7. The molecule has 1 fully saturated rings. The van der Waals surface area contributed by atoms with Crippen molar-refractivity contribution < 1.29 is 9.59 Å². The van der Waals surface area contributed by atoms with Crippen LogP contribution in [-0.4, -0.2) is 50.6 Å². The number of aryl methyl sites for hydroxylation is 2. The minimum absolute atomic E-state index is 0.0486. The van der Waals surface area contributed by atoms with E-state index in [1.54, 1.807) is 4.90 Å². The van der Waals surface area contributed by atoms with Crippen molar-refractivity contribution >= 4 is 11.8 Å². The van der Waals surface area contributed by atoms with Gasteiger partial charge in [-0.15, -0.1) is 5.10 Å². The summed E-state index contributed by atoms with van der Waals surface area (Å²) in [7, 11) is 0. The van der Waals surface area contributed by atoms with Gasteiger partial charge < -0.3 is 10.2 Å². The van der Waals surface area contributed by atoms with Crippen LogP contribution in [0.4, 0.5) is 4.79 Å². The van der Waals surface area contributed by atoms with Gasteiger partial charge in [0.15, 0.2) is 11.6 Å². The first-order chi connectivity index (χ1) is 17.5. The number of hydrogen-bond donors (Lipinski definition) is 2. The van der Waals surface area contributed by atoms with Crippen molar-refractivity contribution in [3.8, 4) is 11.4 Å². The standard InChI is InChI=1S/C28H33N5O3/c1-19(34)25(18-20-11-12-21-7-5-6-10-23(21)17-20)29-27(35)32-15-13-24(14-16-32)33-28(36)30-26(31-33)22-8-3-2-4-9-22/h2-4,8-9,11-12,17,24-25H,5-7,10,13-16,18H2,1H3,(H,29,35)(H,30,31,36)/t25-/m1/s1. The number of nitrogens with one attached hydrogen (secondary N) is 2. The second-order valence-corrected chi connectivity index (χ2v) is 9.93. The summed E-state index contributed by atoms with van der Waals surface area (Å²) in [5.41, 5.74) is 4.49. The van der Waals surface area contributed by atoms with E-state index in [4.69, 9.17) is 0 Å². The smallest absolute Gasteiger partial charge is 0.328 e. The zero-order valence-electron chi connectivity index (χ0n) is 20.7. The molecule has 188 valence electrons. The molecule has 2 N–H and O–H groups in total. The molecule has 2 amide bonds. The molecule has 5 rings (SSSR count). The Morgan fingerprint density at radius 1 is 1.06 bits per heavy atom. The maximum Gasteiger partial charge on any atom is 0.343 e. The van der Waals surface area contributed by atoms with E-state index in [1.165, 1.54) is 35.6 Å². The maximum absolute atomic E-state index is 13.0. The molecule has 0 saturated carbocycles. The fraction of sp³-hybridized carbons (Fsp3) is 0.429. The molecule has 0 spiro atoms. The number of hydrogen-bond acceptors (Lipinski definition) is 4. The highest BCUT2D eigenvalue weighted by Gasteiger charge is 2.28. The van der Waals surface area contributed by atoms with Gasteiger partial charge in [-0.05, 0) is 68.6 Å². The molecule has 36 heavy (non-hydrogen) atoms. The number of urea groups is 1. The second kappa shape index (κ2) is 10.5. The van der Waals surface area contributed by atoms with Crippen molar-refractivity contribution in [2.75, 3.05) is 13.1 Å². The Labute approximate surface area is 210 Å². The number of fused-ring (bicyclic) bond motifs is 1. The topological polar surface area (TPSA) is 100 Å². The molecule has 2 aliphatic rings. The second-order valence-electron chi connectivity index (χ2n) is 9.93. The van der Waals surface area contributed by atoms with Crippen LogP contribution in [0.25, 0.3) is 11.4 Å². The van der Waals surface area contributed by atoms with Crippen LogP contribution in [-0.2, 0) is 24.1 Å². The van der Waals surface area contributed by atoms with Crippen LogP contribution in [0.3, 0.4) is 0 Å². The molecular formula is C28H33N5O3. The molecule has 1 aromatic heterocycles. The van der Waals surface area contributed by atoms with Crippen LogP contribution in [0.5, 0.6) is 0 Å². The van der Waals surface area contributed by atoms with Crippen molar-refractivity contribution in [2.45, 2.75) is 64.0 Å². The molecule has 0 unspecified atom stereocenters. The first-order valence-corrected chi connectivity index (χ1v) is 12.9. The number of aromatic nitrogens is 3. The third-order valence-electron chi connectivity index (χ3n) is 7.43. The number of aromatic amines is 1. The molecular weight excluding hydrogens is 454 g/mol. The molecule has 8 nitrogen and oxygen atoms in total. The Bertz CT molecular complexity index is 1290. The number of amides is 2. The van der Waals surface area contributed by atoms with Gasteiger partial charge in [-0.2, -0.15) is 0 Å². The fourth-order valence-electron chi connectivity index (χ4n) is 5.31. The van der Waals surface area contributed by atoms with Crippen molar-refractivity contribution in [1.29, 1.82) is 0 Å². The molecule has 1 aliphatic heterocycles. The molecule has 2 aromatic carbocycles. The highest BCUT2D eigenvalue weighted by Crippen LogP contribution is 2.24. The highest BCUT2D eigenvalue weighted by molar-refractivity contribution is 5.87. The monoisotopic (exact) mass is 487 g/mol. The summed E-state index contributed by atoms with van der Waals surface area (Å²) < 4.78 is 1.51. The largest absolute Gasteiger partial charge is 0.343 e. The van der Waals surface area contributed by atoms with Crippen LogP contribution in [0.2, 0.25) is 0 Å². The molecule has 3 aromatic rings. The Kier molecular flexibility index (Phi) is 7.02. The van der Waals surface area contributed by atoms with E-state index in [0.29, 0.717) is 38.2 Å². The number of nitrogens with zero attached hydrogens (tertiary/aromatic N) is 3. The summed E-state index contributed by atoms with van der Waals surface area (Å²) in [6, 6.07) is 15.1. The molecule has 1 atom stereocenters. The van der Waals surface area contributed by atoms with Crippen LogP contribution in [0, 0.1) is 0 Å². The first kappa shape index (κ1) is 24.0. The maximum atomic E-state index is 13.0. The number of likely N-dealkylation sites (tertiary alicyclic amines) is 1. The molecule has 0 radical (unpaired) electrons.